The Kier molecular flexibility index (Phi) is 14.6. The summed E-state index contributed by atoms with van der Waals surface area (Å²) >= 11 is 0. The molecule has 90 heavy (non-hydrogen) atoms. The highest BCUT2D eigenvalue weighted by Gasteiger charge is 2.81. The Morgan fingerprint density at radius 1 is 0.800 bits per heavy atom. The first-order chi connectivity index (χ1) is 43.2. The van der Waals surface area contributed by atoms with E-state index in [0.717, 1.165) is 119 Å². The predicted molar refractivity (Wildman–Crippen MR) is 350 cm³/mol. The van der Waals surface area contributed by atoms with Gasteiger partial charge in [-0.25, -0.2) is 0 Å². The van der Waals surface area contributed by atoms with E-state index in [0.29, 0.717) is 50.5 Å². The third kappa shape index (κ3) is 8.64. The van der Waals surface area contributed by atoms with Crippen LogP contribution >= 0.6 is 0 Å². The first-order valence-electron chi connectivity index (χ1n) is 36.2. The standard InChI is InChI=1S/C79H105N3O8/c1-42(2)29-43-30-47(34-50(80)32-43)52-15-11-16-56(52)76(5)73(90-76)70(87)54-21-20-53-55-36-45(18-23-61(55)84)65-46-19-24-62(85)59(37-46)78-38-60-71-77(27-10-9-26-74(3,89)41-82-60)28-12-17-58(66(72(77)88)48-31-44(40-81-6)33-51(83)35-48)79(71,49-13-7-8-14-49)64(78)25-22-57-69(68(54)67(53)65)63(86)39-75(57,78)4/h12,17-21,23-24,30-35,42,45-46,49,52-56,58-62,64-68,70-71,73,81-85,87,89H,7-11,13-16,22,25-29,36-41,80H2,1-6H3. The van der Waals surface area contributed by atoms with Gasteiger partial charge in [0.25, 0.3) is 0 Å². The van der Waals surface area contributed by atoms with Crippen molar-refractivity contribution in [3.05, 3.63) is 118 Å². The topological polar surface area (TPSA) is 198 Å². The van der Waals surface area contributed by atoms with Gasteiger partial charge in [-0.1, -0.05) is 119 Å². The van der Waals surface area contributed by atoms with Crippen molar-refractivity contribution in [2.75, 3.05) is 19.3 Å². The second-order valence-electron chi connectivity index (χ2n) is 33.9. The Hall–Kier alpha value is -4.20. The maximum Gasteiger partial charge on any atom is 0.160 e. The van der Waals surface area contributed by atoms with Crippen LogP contribution in [0.4, 0.5) is 5.69 Å². The molecule has 2 spiro atoms. The van der Waals surface area contributed by atoms with Gasteiger partial charge in [0.15, 0.2) is 5.78 Å². The molecular formula is C79H105N3O8. The number of allylic oxidation sites excluding steroid dienone is 7. The number of rotatable bonds is 10. The Labute approximate surface area is 535 Å². The quantitative estimate of drug-likeness (QED) is 0.0640. The van der Waals surface area contributed by atoms with E-state index < -0.39 is 69.1 Å². The maximum absolute atomic E-state index is 16.9. The minimum atomic E-state index is -0.982. The highest BCUT2D eigenvalue weighted by atomic mass is 16.6. The van der Waals surface area contributed by atoms with Crippen molar-refractivity contribution in [1.29, 1.82) is 0 Å². The van der Waals surface area contributed by atoms with E-state index in [-0.39, 0.29) is 100 Å². The van der Waals surface area contributed by atoms with Gasteiger partial charge in [-0.15, -0.1) is 0 Å². The molecule has 0 amide bonds. The average molecular weight is 1220 g/mol. The first-order valence-corrected chi connectivity index (χ1v) is 36.2. The fourth-order valence-corrected chi connectivity index (χ4v) is 26.5. The number of anilines is 1. The largest absolute Gasteiger partial charge is 0.508 e. The molecule has 2 aliphatic heterocycles. The van der Waals surface area contributed by atoms with Crippen LogP contribution < -0.4 is 16.4 Å². The van der Waals surface area contributed by atoms with Gasteiger partial charge >= 0.3 is 0 Å². The van der Waals surface area contributed by atoms with Gasteiger partial charge in [-0.05, 0) is 256 Å². The molecule has 2 saturated heterocycles. The molecular weight excluding hydrogens is 1120 g/mol. The second kappa shape index (κ2) is 21.7. The lowest BCUT2D eigenvalue weighted by Crippen LogP contribution is -2.77. The van der Waals surface area contributed by atoms with E-state index in [2.05, 4.69) is 111 Å². The summed E-state index contributed by atoms with van der Waals surface area (Å²) in [5.41, 5.74) is 10.0. The molecule has 0 radical (unpaired) electrons. The smallest absolute Gasteiger partial charge is 0.160 e. The number of carbonyl (C=O) groups excluding carboxylic acids is 2. The Bertz CT molecular complexity index is 3370. The fraction of sp³-hybridized carbons (Fsp3) is 0.696. The Morgan fingerprint density at radius 2 is 1.57 bits per heavy atom. The van der Waals surface area contributed by atoms with Crippen LogP contribution in [-0.2, 0) is 27.3 Å². The Morgan fingerprint density at radius 3 is 2.36 bits per heavy atom. The molecule has 26 atom stereocenters. The van der Waals surface area contributed by atoms with E-state index in [9.17, 15) is 25.5 Å². The van der Waals surface area contributed by atoms with Gasteiger partial charge in [0.1, 0.15) is 17.6 Å². The molecule has 15 aliphatic rings. The number of β-amino-alcohol motifs (C(OH)–C–C–N with tert-alkyl or cyclic N) is 1. The number of nitrogens with two attached hydrogens (primary N) is 1. The SMILES string of the molecule is CNCc1cc(O)cc(C2C(=O)C34CC=CC2C2(C5CCCC5)C3C(CC35C6CC(C=CC6O)C6C7C=CC(O)C(C7)C7C=CC(C(O)C8OC8(C)C8CCCC8c8cc(N)cc(CC(C)C)c8)C(C8=C(CCC23)C5(C)CC8=O)C76)NCC(C)(O)CCCC4)c1. The van der Waals surface area contributed by atoms with Crippen molar-refractivity contribution < 1.29 is 39.9 Å². The molecule has 6 saturated carbocycles. The molecule has 8 fully saturated rings. The number of nitrogen functional groups attached to an aromatic ring is 1. The van der Waals surface area contributed by atoms with Gasteiger partial charge in [-0.3, -0.25) is 9.59 Å². The number of phenols is 1. The molecule has 2 heterocycles. The van der Waals surface area contributed by atoms with Crippen molar-refractivity contribution in [2.45, 2.75) is 217 Å². The number of hydrogen-bond donors (Lipinski definition) is 8. The zero-order valence-electron chi connectivity index (χ0n) is 54.7. The lowest BCUT2D eigenvalue weighted by molar-refractivity contribution is -0.265. The molecule has 2 aromatic carbocycles. The van der Waals surface area contributed by atoms with Crippen LogP contribution in [0.1, 0.15) is 184 Å². The van der Waals surface area contributed by atoms with E-state index in [1.54, 1.807) is 0 Å². The van der Waals surface area contributed by atoms with Crippen LogP contribution in [0.25, 0.3) is 0 Å². The summed E-state index contributed by atoms with van der Waals surface area (Å²) < 4.78 is 7.13. The molecule has 10 bridgehead atoms. The zero-order valence-corrected chi connectivity index (χ0v) is 54.7. The predicted octanol–water partition coefficient (Wildman–Crippen LogP) is 12.2. The number of epoxide rings is 1. The lowest BCUT2D eigenvalue weighted by atomic mass is 9.27. The molecule has 11 nitrogen and oxygen atoms in total. The third-order valence-electron chi connectivity index (χ3n) is 29.2. The molecule has 17 rings (SSSR count). The molecule has 484 valence electrons. The van der Waals surface area contributed by atoms with Crippen molar-refractivity contribution in [1.82, 2.24) is 10.6 Å². The van der Waals surface area contributed by atoms with Gasteiger partial charge in [0, 0.05) is 48.0 Å². The number of ether oxygens (including phenoxy) is 1. The molecule has 0 aromatic heterocycles. The fourth-order valence-electron chi connectivity index (χ4n) is 26.5. The van der Waals surface area contributed by atoms with E-state index in [4.69, 9.17) is 10.5 Å². The number of Topliss-reactive ketones (excluding diaryl/α,β-unsaturated/α-hetero) is 2. The number of phenolic OH excluding ortho intramolecular Hbond substituents is 1. The average Bonchev–Trinajstić information content (AvgIpc) is 1.16. The highest BCUT2D eigenvalue weighted by Crippen LogP contribution is 2.83. The minimum absolute atomic E-state index is 0.0153. The van der Waals surface area contributed by atoms with Gasteiger partial charge in [0.05, 0.1) is 35.4 Å². The van der Waals surface area contributed by atoms with Crippen molar-refractivity contribution in [3.63, 3.8) is 0 Å². The number of ketones is 2. The van der Waals surface area contributed by atoms with Crippen LogP contribution in [0, 0.1) is 110 Å². The number of benzene rings is 2. The van der Waals surface area contributed by atoms with Crippen LogP contribution in [0.3, 0.4) is 0 Å². The highest BCUT2D eigenvalue weighted by molar-refractivity contribution is 6.01. The van der Waals surface area contributed by atoms with Crippen LogP contribution in [0.5, 0.6) is 5.75 Å². The van der Waals surface area contributed by atoms with Crippen molar-refractivity contribution in [2.24, 2.45) is 110 Å². The normalized spacial score (nSPS) is 48.3. The molecule has 13 aliphatic carbocycles. The maximum atomic E-state index is 16.9. The number of hydrogen-bond acceptors (Lipinski definition) is 11. The van der Waals surface area contributed by atoms with Gasteiger partial charge < -0.3 is 46.6 Å². The zero-order chi connectivity index (χ0) is 62.3. The third-order valence-corrected chi connectivity index (χ3v) is 29.2. The van der Waals surface area contributed by atoms with Gasteiger partial charge in [0.2, 0.25) is 0 Å². The monoisotopic (exact) mass is 1220 g/mol. The van der Waals surface area contributed by atoms with Gasteiger partial charge in [-0.2, -0.15) is 0 Å². The Balaban J connectivity index is 0.896. The van der Waals surface area contributed by atoms with E-state index in [1.807, 2.05) is 26.1 Å². The van der Waals surface area contributed by atoms with Crippen LogP contribution in [0.15, 0.2) is 96.2 Å². The first kappa shape index (κ1) is 60.7. The summed E-state index contributed by atoms with van der Waals surface area (Å²) in [6.45, 7) is 12.2. The summed E-state index contributed by atoms with van der Waals surface area (Å²) in [7, 11) is 1.93. The van der Waals surface area contributed by atoms with Crippen molar-refractivity contribution in [3.8, 4) is 5.75 Å². The van der Waals surface area contributed by atoms with Crippen LogP contribution in [-0.4, -0.2) is 92.4 Å². The minimum Gasteiger partial charge on any atom is -0.508 e. The molecule has 11 heteroatoms. The van der Waals surface area contributed by atoms with Crippen LogP contribution in [0.2, 0.25) is 0 Å². The number of aliphatic hydroxyl groups excluding tert-OH is 3. The summed E-state index contributed by atoms with van der Waals surface area (Å²) in [5.74, 6) is 0.343. The number of fused-ring (bicyclic) bond motifs is 10. The molecule has 26 unspecified atom stereocenters. The summed E-state index contributed by atoms with van der Waals surface area (Å²) in [4.78, 5) is 33.8. The second-order valence-corrected chi connectivity index (χ2v) is 33.9. The number of aromatic hydroxyl groups is 1. The summed E-state index contributed by atoms with van der Waals surface area (Å²) in [5, 5.41) is 71.5. The number of carbonyl (C=O) groups is 2. The molecule has 9 N–H and O–H groups in total. The summed E-state index contributed by atoms with van der Waals surface area (Å²) in [6, 6.07) is 12.5. The molecule has 2 aromatic rings. The van der Waals surface area contributed by atoms with E-state index >= 15 is 9.59 Å². The van der Waals surface area contributed by atoms with E-state index in [1.165, 1.54) is 16.7 Å². The lowest BCUT2D eigenvalue weighted by Gasteiger charge is -2.77. The summed E-state index contributed by atoms with van der Waals surface area (Å²) in [6.07, 6.45) is 32.2. The van der Waals surface area contributed by atoms with Crippen molar-refractivity contribution >= 4 is 17.3 Å². The number of nitrogens with one attached hydrogen (secondary N) is 2. The number of aliphatic hydroxyl groups is 4.